The van der Waals surface area contributed by atoms with Gasteiger partial charge < -0.3 is 9.47 Å². The van der Waals surface area contributed by atoms with E-state index in [0.717, 1.165) is 12.7 Å². The van der Waals surface area contributed by atoms with Crippen LogP contribution in [0.15, 0.2) is 0 Å². The van der Waals surface area contributed by atoms with Crippen LogP contribution in [0.4, 0.5) is 0 Å². The molecule has 5 nitrogen and oxygen atoms in total. The first-order valence-corrected chi connectivity index (χ1v) is 6.60. The quantitative estimate of drug-likeness (QED) is 0.468. The predicted octanol–water partition coefficient (Wildman–Crippen LogP) is 0.998. The van der Waals surface area contributed by atoms with Crippen molar-refractivity contribution < 1.29 is 22.1 Å². The lowest BCUT2D eigenvalue weighted by Crippen LogP contribution is -2.18. The van der Waals surface area contributed by atoms with E-state index >= 15 is 0 Å². The summed E-state index contributed by atoms with van der Waals surface area (Å²) in [7, 11) is -0.167. The van der Waals surface area contributed by atoms with E-state index in [4.69, 9.17) is 9.47 Å². The van der Waals surface area contributed by atoms with Crippen molar-refractivity contribution in [3.63, 3.8) is 0 Å². The molecule has 0 aromatic carbocycles. The Hall–Kier alpha value is -0.170. The minimum atomic E-state index is -3.32. The third-order valence-electron chi connectivity index (χ3n) is 2.03. The van der Waals surface area contributed by atoms with Gasteiger partial charge >= 0.3 is 0 Å². The summed E-state index contributed by atoms with van der Waals surface area (Å²) in [6.45, 7) is 2.21. The van der Waals surface area contributed by atoms with Gasteiger partial charge in [-0.25, -0.2) is 0 Å². The number of methoxy groups -OCH3 is 2. The average Bonchev–Trinajstić information content (AvgIpc) is 2.12. The first kappa shape index (κ1) is 14.8. The molecule has 0 aromatic rings. The lowest BCUT2D eigenvalue weighted by atomic mass is 10.0. The minimum Gasteiger partial charge on any atom is -0.356 e. The number of hydrogen-bond acceptors (Lipinski definition) is 5. The van der Waals surface area contributed by atoms with E-state index in [1.807, 2.05) is 6.92 Å². The number of ether oxygens (including phenoxy) is 2. The van der Waals surface area contributed by atoms with Gasteiger partial charge in [-0.2, -0.15) is 8.42 Å². The Kier molecular flexibility index (Phi) is 7.08. The summed E-state index contributed by atoms with van der Waals surface area (Å²) in [6.07, 6.45) is 2.19. The van der Waals surface area contributed by atoms with Gasteiger partial charge in [0.15, 0.2) is 6.29 Å². The summed E-state index contributed by atoms with van der Waals surface area (Å²) in [5, 5.41) is 0. The van der Waals surface area contributed by atoms with Crippen molar-refractivity contribution in [2.75, 3.05) is 27.1 Å². The molecule has 0 saturated heterocycles. The van der Waals surface area contributed by atoms with Crippen LogP contribution in [0.25, 0.3) is 0 Å². The summed E-state index contributed by atoms with van der Waals surface area (Å²) in [6, 6.07) is 0. The molecule has 15 heavy (non-hydrogen) atoms. The third-order valence-corrected chi connectivity index (χ3v) is 2.62. The van der Waals surface area contributed by atoms with Gasteiger partial charge in [-0.15, -0.1) is 0 Å². The topological polar surface area (TPSA) is 61.8 Å². The fourth-order valence-electron chi connectivity index (χ4n) is 1.14. The molecule has 0 aliphatic heterocycles. The molecule has 0 N–H and O–H groups in total. The molecular formula is C9H20O5S. The maximum atomic E-state index is 10.7. The Bertz CT molecular complexity index is 245. The van der Waals surface area contributed by atoms with Crippen LogP contribution in [0.1, 0.15) is 19.8 Å². The van der Waals surface area contributed by atoms with E-state index < -0.39 is 10.1 Å². The maximum absolute atomic E-state index is 10.7. The van der Waals surface area contributed by atoms with Gasteiger partial charge in [-0.1, -0.05) is 6.92 Å². The molecule has 0 rings (SSSR count). The normalized spacial score (nSPS) is 14.5. The minimum absolute atomic E-state index is 0.208. The van der Waals surface area contributed by atoms with E-state index in [2.05, 4.69) is 4.18 Å². The second kappa shape index (κ2) is 7.16. The molecule has 0 amide bonds. The molecule has 0 aliphatic carbocycles. The number of rotatable bonds is 8. The molecule has 0 saturated carbocycles. The molecule has 6 heteroatoms. The van der Waals surface area contributed by atoms with Crippen molar-refractivity contribution in [3.8, 4) is 0 Å². The Morgan fingerprint density at radius 2 is 1.73 bits per heavy atom. The zero-order chi connectivity index (χ0) is 11.9. The van der Waals surface area contributed by atoms with Gasteiger partial charge in [0.25, 0.3) is 10.1 Å². The molecule has 0 aliphatic rings. The van der Waals surface area contributed by atoms with Gasteiger partial charge in [-0.3, -0.25) is 4.18 Å². The van der Waals surface area contributed by atoms with Crippen LogP contribution >= 0.6 is 0 Å². The predicted molar refractivity (Wildman–Crippen MR) is 57.0 cm³/mol. The van der Waals surface area contributed by atoms with Crippen molar-refractivity contribution in [1.29, 1.82) is 0 Å². The van der Waals surface area contributed by atoms with E-state index in [1.165, 1.54) is 0 Å². The summed E-state index contributed by atoms with van der Waals surface area (Å²) in [4.78, 5) is 0. The van der Waals surface area contributed by atoms with E-state index in [0.29, 0.717) is 6.42 Å². The SMILES string of the molecule is COC(C[C@@H](C)CCOS(C)(=O)=O)OC. The molecular weight excluding hydrogens is 220 g/mol. The van der Waals surface area contributed by atoms with Crippen LogP contribution < -0.4 is 0 Å². The van der Waals surface area contributed by atoms with Gasteiger partial charge in [-0.05, 0) is 12.3 Å². The van der Waals surface area contributed by atoms with E-state index in [1.54, 1.807) is 14.2 Å². The first-order chi connectivity index (χ1) is 6.89. The number of hydrogen-bond donors (Lipinski definition) is 0. The molecule has 92 valence electrons. The van der Waals surface area contributed by atoms with Crippen molar-refractivity contribution in [2.24, 2.45) is 5.92 Å². The summed E-state index contributed by atoms with van der Waals surface area (Å²) in [5.41, 5.74) is 0. The highest BCUT2D eigenvalue weighted by molar-refractivity contribution is 7.85. The monoisotopic (exact) mass is 240 g/mol. The van der Waals surface area contributed by atoms with Crippen LogP contribution in [-0.2, 0) is 23.8 Å². The highest BCUT2D eigenvalue weighted by atomic mass is 32.2. The molecule has 0 bridgehead atoms. The van der Waals surface area contributed by atoms with Crippen molar-refractivity contribution in [3.05, 3.63) is 0 Å². The van der Waals surface area contributed by atoms with Crippen molar-refractivity contribution in [2.45, 2.75) is 26.1 Å². The largest absolute Gasteiger partial charge is 0.356 e. The van der Waals surface area contributed by atoms with E-state index in [9.17, 15) is 8.42 Å². The molecule has 1 atom stereocenters. The average molecular weight is 240 g/mol. The Labute approximate surface area is 91.8 Å². The van der Waals surface area contributed by atoms with Crippen LogP contribution in [0.2, 0.25) is 0 Å². The fraction of sp³-hybridized carbons (Fsp3) is 1.00. The zero-order valence-electron chi connectivity index (χ0n) is 9.73. The highest BCUT2D eigenvalue weighted by Gasteiger charge is 2.12. The van der Waals surface area contributed by atoms with E-state index in [-0.39, 0.29) is 18.8 Å². The lowest BCUT2D eigenvalue weighted by Gasteiger charge is -2.17. The fourth-order valence-corrected chi connectivity index (χ4v) is 1.53. The van der Waals surface area contributed by atoms with Crippen LogP contribution in [0.3, 0.4) is 0 Å². The van der Waals surface area contributed by atoms with Gasteiger partial charge in [0.2, 0.25) is 0 Å². The molecule has 0 radical (unpaired) electrons. The Morgan fingerprint density at radius 1 is 1.20 bits per heavy atom. The second-order valence-corrected chi connectivity index (χ2v) is 5.20. The van der Waals surface area contributed by atoms with Crippen molar-refractivity contribution >= 4 is 10.1 Å². The molecule has 0 aromatic heterocycles. The Balaban J connectivity index is 3.70. The van der Waals surface area contributed by atoms with Crippen LogP contribution in [0.5, 0.6) is 0 Å². The zero-order valence-corrected chi connectivity index (χ0v) is 10.5. The molecule has 0 heterocycles. The molecule has 0 unspecified atom stereocenters. The first-order valence-electron chi connectivity index (χ1n) is 4.79. The van der Waals surface area contributed by atoms with Gasteiger partial charge in [0.05, 0.1) is 12.9 Å². The van der Waals surface area contributed by atoms with Crippen molar-refractivity contribution in [1.82, 2.24) is 0 Å². The third kappa shape index (κ3) is 8.80. The molecule has 0 spiro atoms. The summed E-state index contributed by atoms with van der Waals surface area (Å²) >= 11 is 0. The van der Waals surface area contributed by atoms with Gasteiger partial charge in [0.1, 0.15) is 0 Å². The lowest BCUT2D eigenvalue weighted by molar-refractivity contribution is -0.113. The van der Waals surface area contributed by atoms with Crippen LogP contribution in [-0.4, -0.2) is 41.8 Å². The summed E-state index contributed by atoms with van der Waals surface area (Å²) < 4.78 is 36.1. The summed E-state index contributed by atoms with van der Waals surface area (Å²) in [5.74, 6) is 0.289. The smallest absolute Gasteiger partial charge is 0.264 e. The van der Waals surface area contributed by atoms with Crippen LogP contribution in [0, 0.1) is 5.92 Å². The van der Waals surface area contributed by atoms with Gasteiger partial charge in [0, 0.05) is 20.6 Å². The Morgan fingerprint density at radius 3 is 2.13 bits per heavy atom. The highest BCUT2D eigenvalue weighted by Crippen LogP contribution is 2.13. The maximum Gasteiger partial charge on any atom is 0.264 e. The molecule has 0 fully saturated rings. The standard InChI is InChI=1S/C9H20O5S/c1-8(7-9(12-2)13-3)5-6-14-15(4,10)11/h8-9H,5-7H2,1-4H3/t8-/m0/s1. The second-order valence-electron chi connectivity index (χ2n) is 3.56.